The molecule has 0 atom stereocenters. The molecule has 0 aliphatic heterocycles. The quantitative estimate of drug-likeness (QED) is 0.769. The van der Waals surface area contributed by atoms with Crippen LogP contribution in [-0.4, -0.2) is 24.7 Å². The van der Waals surface area contributed by atoms with Gasteiger partial charge in [0, 0.05) is 19.3 Å². The molecule has 0 saturated carbocycles. The average Bonchev–Trinajstić information content (AvgIpc) is 2.17. The van der Waals surface area contributed by atoms with Crippen LogP contribution in [0.3, 0.4) is 0 Å². The van der Waals surface area contributed by atoms with Gasteiger partial charge >= 0.3 is 5.97 Å². The molecule has 0 aliphatic rings. The molecule has 13 heavy (non-hydrogen) atoms. The van der Waals surface area contributed by atoms with Gasteiger partial charge in [-0.15, -0.1) is 0 Å². The van der Waals surface area contributed by atoms with Gasteiger partial charge in [-0.1, -0.05) is 6.07 Å². The molecule has 1 N–H and O–H groups in total. The molecule has 3 heteroatoms. The molecule has 0 amide bonds. The van der Waals surface area contributed by atoms with Gasteiger partial charge in [-0.05, 0) is 25.1 Å². The van der Waals surface area contributed by atoms with E-state index in [1.165, 1.54) is 0 Å². The summed E-state index contributed by atoms with van der Waals surface area (Å²) in [6, 6.07) is 6.92. The predicted molar refractivity (Wildman–Crippen MR) is 52.3 cm³/mol. The molecular formula is C10H13NO2. The minimum absolute atomic E-state index is 0.331. The number of anilines is 1. The van der Waals surface area contributed by atoms with Crippen LogP contribution in [0.5, 0.6) is 0 Å². The second-order valence-corrected chi connectivity index (χ2v) is 2.87. The highest BCUT2D eigenvalue weighted by Crippen LogP contribution is 2.14. The third kappa shape index (κ3) is 2.21. The van der Waals surface area contributed by atoms with Crippen LogP contribution in [0.4, 0.5) is 5.69 Å². The zero-order valence-electron chi connectivity index (χ0n) is 7.82. The summed E-state index contributed by atoms with van der Waals surface area (Å²) in [5.74, 6) is -0.883. The highest BCUT2D eigenvalue weighted by atomic mass is 16.4. The SMILES string of the molecule is CCN(C)c1cccc(C(=O)O)c1. The summed E-state index contributed by atoms with van der Waals surface area (Å²) in [5.41, 5.74) is 1.26. The lowest BCUT2D eigenvalue weighted by molar-refractivity contribution is 0.0697. The summed E-state index contributed by atoms with van der Waals surface area (Å²) in [6.45, 7) is 2.89. The highest BCUT2D eigenvalue weighted by molar-refractivity contribution is 5.88. The van der Waals surface area contributed by atoms with Gasteiger partial charge in [-0.25, -0.2) is 4.79 Å². The smallest absolute Gasteiger partial charge is 0.335 e. The van der Waals surface area contributed by atoms with Gasteiger partial charge in [-0.3, -0.25) is 0 Å². The maximum atomic E-state index is 10.6. The van der Waals surface area contributed by atoms with E-state index in [4.69, 9.17) is 5.11 Å². The first kappa shape index (κ1) is 9.58. The molecule has 0 spiro atoms. The minimum Gasteiger partial charge on any atom is -0.478 e. The Morgan fingerprint density at radius 2 is 2.23 bits per heavy atom. The Kier molecular flexibility index (Phi) is 2.90. The van der Waals surface area contributed by atoms with E-state index in [1.54, 1.807) is 18.2 Å². The van der Waals surface area contributed by atoms with Gasteiger partial charge in [0.1, 0.15) is 0 Å². The van der Waals surface area contributed by atoms with Crippen molar-refractivity contribution in [1.29, 1.82) is 0 Å². The third-order valence-corrected chi connectivity index (χ3v) is 2.01. The maximum absolute atomic E-state index is 10.6. The number of carboxylic acids is 1. The Morgan fingerprint density at radius 1 is 1.54 bits per heavy atom. The van der Waals surface area contributed by atoms with E-state index in [0.717, 1.165) is 12.2 Å². The van der Waals surface area contributed by atoms with Crippen molar-refractivity contribution in [1.82, 2.24) is 0 Å². The number of benzene rings is 1. The third-order valence-electron chi connectivity index (χ3n) is 2.01. The number of hydrogen-bond donors (Lipinski definition) is 1. The van der Waals surface area contributed by atoms with Crippen LogP contribution in [0, 0.1) is 0 Å². The van der Waals surface area contributed by atoms with Crippen LogP contribution in [0.1, 0.15) is 17.3 Å². The summed E-state index contributed by atoms with van der Waals surface area (Å²) in [6.07, 6.45) is 0. The Balaban J connectivity index is 2.98. The molecule has 0 bridgehead atoms. The Bertz CT molecular complexity index is 310. The lowest BCUT2D eigenvalue weighted by Crippen LogP contribution is -2.16. The summed E-state index contributed by atoms with van der Waals surface area (Å²) in [4.78, 5) is 12.6. The zero-order chi connectivity index (χ0) is 9.84. The highest BCUT2D eigenvalue weighted by Gasteiger charge is 2.04. The van der Waals surface area contributed by atoms with Crippen molar-refractivity contribution in [3.05, 3.63) is 29.8 Å². The molecule has 0 heterocycles. The van der Waals surface area contributed by atoms with Crippen LogP contribution in [0.25, 0.3) is 0 Å². The van der Waals surface area contributed by atoms with E-state index in [0.29, 0.717) is 5.56 Å². The van der Waals surface area contributed by atoms with Crippen molar-refractivity contribution in [2.24, 2.45) is 0 Å². The van der Waals surface area contributed by atoms with Crippen molar-refractivity contribution >= 4 is 11.7 Å². The number of carboxylic acid groups (broad SMARTS) is 1. The van der Waals surface area contributed by atoms with Gasteiger partial charge in [0.15, 0.2) is 0 Å². The Morgan fingerprint density at radius 3 is 2.77 bits per heavy atom. The standard InChI is InChI=1S/C10H13NO2/c1-3-11(2)9-6-4-5-8(7-9)10(12)13/h4-7H,3H2,1-2H3,(H,12,13). The van der Waals surface area contributed by atoms with Gasteiger partial charge in [0.25, 0.3) is 0 Å². The van der Waals surface area contributed by atoms with Crippen LogP contribution in [-0.2, 0) is 0 Å². The fourth-order valence-corrected chi connectivity index (χ4v) is 1.06. The number of nitrogens with zero attached hydrogens (tertiary/aromatic N) is 1. The second-order valence-electron chi connectivity index (χ2n) is 2.87. The van der Waals surface area contributed by atoms with Crippen LogP contribution in [0.2, 0.25) is 0 Å². The minimum atomic E-state index is -0.883. The van der Waals surface area contributed by atoms with Crippen molar-refractivity contribution in [3.63, 3.8) is 0 Å². The number of aromatic carboxylic acids is 1. The largest absolute Gasteiger partial charge is 0.478 e. The Labute approximate surface area is 77.6 Å². The zero-order valence-corrected chi connectivity index (χ0v) is 7.82. The fraction of sp³-hybridized carbons (Fsp3) is 0.300. The first-order valence-corrected chi connectivity index (χ1v) is 4.19. The monoisotopic (exact) mass is 179 g/mol. The van der Waals surface area contributed by atoms with Crippen LogP contribution < -0.4 is 4.90 Å². The van der Waals surface area contributed by atoms with Crippen LogP contribution in [0.15, 0.2) is 24.3 Å². The van der Waals surface area contributed by atoms with Gasteiger partial charge in [0.05, 0.1) is 5.56 Å². The Hall–Kier alpha value is -1.51. The first-order valence-electron chi connectivity index (χ1n) is 4.19. The topological polar surface area (TPSA) is 40.5 Å². The normalized spacial score (nSPS) is 9.69. The van der Waals surface area contributed by atoms with Crippen molar-refractivity contribution in [3.8, 4) is 0 Å². The lowest BCUT2D eigenvalue weighted by Gasteiger charge is -2.16. The summed E-state index contributed by atoms with van der Waals surface area (Å²) in [7, 11) is 1.93. The number of rotatable bonds is 3. The van der Waals surface area contributed by atoms with E-state index in [-0.39, 0.29) is 0 Å². The molecule has 0 aromatic heterocycles. The number of hydrogen-bond acceptors (Lipinski definition) is 2. The lowest BCUT2D eigenvalue weighted by atomic mass is 10.2. The van der Waals surface area contributed by atoms with Crippen molar-refractivity contribution in [2.75, 3.05) is 18.5 Å². The van der Waals surface area contributed by atoms with Crippen molar-refractivity contribution < 1.29 is 9.90 Å². The molecule has 0 radical (unpaired) electrons. The molecule has 1 rings (SSSR count). The molecule has 0 aliphatic carbocycles. The fourth-order valence-electron chi connectivity index (χ4n) is 1.06. The summed E-state index contributed by atoms with van der Waals surface area (Å²) in [5, 5.41) is 8.75. The molecular weight excluding hydrogens is 166 g/mol. The molecule has 3 nitrogen and oxygen atoms in total. The van der Waals surface area contributed by atoms with E-state index >= 15 is 0 Å². The molecule has 0 fully saturated rings. The number of carbonyl (C=O) groups is 1. The molecule has 1 aromatic carbocycles. The van der Waals surface area contributed by atoms with Gasteiger partial charge < -0.3 is 10.0 Å². The molecule has 70 valence electrons. The van der Waals surface area contributed by atoms with Gasteiger partial charge in [0.2, 0.25) is 0 Å². The predicted octanol–water partition coefficient (Wildman–Crippen LogP) is 1.84. The summed E-state index contributed by atoms with van der Waals surface area (Å²) >= 11 is 0. The second kappa shape index (κ2) is 3.94. The van der Waals surface area contributed by atoms with E-state index < -0.39 is 5.97 Å². The maximum Gasteiger partial charge on any atom is 0.335 e. The first-order chi connectivity index (χ1) is 6.15. The summed E-state index contributed by atoms with van der Waals surface area (Å²) < 4.78 is 0. The van der Waals surface area contributed by atoms with Crippen LogP contribution >= 0.6 is 0 Å². The molecule has 0 saturated heterocycles. The van der Waals surface area contributed by atoms with Crippen molar-refractivity contribution in [2.45, 2.75) is 6.92 Å². The van der Waals surface area contributed by atoms with Gasteiger partial charge in [-0.2, -0.15) is 0 Å². The molecule has 1 aromatic rings. The van der Waals surface area contributed by atoms with E-state index in [1.807, 2.05) is 24.9 Å². The molecule has 0 unspecified atom stereocenters. The average molecular weight is 179 g/mol. The van der Waals surface area contributed by atoms with E-state index in [9.17, 15) is 4.79 Å². The van der Waals surface area contributed by atoms with E-state index in [2.05, 4.69) is 0 Å².